The molecule has 0 nitrogen and oxygen atoms in total. The summed E-state index contributed by atoms with van der Waals surface area (Å²) in [7, 11) is 4.08. The van der Waals surface area contributed by atoms with Crippen LogP contribution in [0.3, 0.4) is 0 Å². The molecule has 0 heterocycles. The Labute approximate surface area is 144 Å². The van der Waals surface area contributed by atoms with Crippen molar-refractivity contribution in [2.45, 2.75) is 0 Å². The van der Waals surface area contributed by atoms with E-state index in [0.717, 1.165) is 5.30 Å². The van der Waals surface area contributed by atoms with Gasteiger partial charge in [0.1, 0.15) is 0 Å². The van der Waals surface area contributed by atoms with E-state index in [2.05, 4.69) is 9.24 Å². The molecular weight excluding hydrogens is 181 g/mol. The maximum Gasteiger partial charge on any atom is 1.00 e. The van der Waals surface area contributed by atoms with E-state index in [0.29, 0.717) is 0 Å². The number of benzene rings is 1. The van der Waals surface area contributed by atoms with Crippen LogP contribution in [0.1, 0.15) is 0 Å². The largest absolute Gasteiger partial charge is 1.45 e. The number of hydrogen-bond acceptors (Lipinski definition) is 0. The molecule has 0 radical (unpaired) electrons. The van der Waals surface area contributed by atoms with Crippen molar-refractivity contribution < 1.29 is 103 Å². The molecule has 9 heavy (non-hydrogen) atoms. The van der Waals surface area contributed by atoms with Crippen molar-refractivity contribution in [2.75, 3.05) is 0 Å². The van der Waals surface area contributed by atoms with Gasteiger partial charge in [0, 0.05) is 0 Å². The van der Waals surface area contributed by atoms with E-state index >= 15 is 0 Å². The number of hydrogen-bond donors (Lipinski definition) is 0. The topological polar surface area (TPSA) is 0 Å². The molecule has 0 atom stereocenters. The van der Waals surface area contributed by atoms with Crippen LogP contribution in [-0.4, -0.2) is 0 Å². The molecule has 0 aliphatic rings. The fourth-order valence-electron chi connectivity index (χ4n) is 0.428. The van der Waals surface area contributed by atoms with Crippen LogP contribution in [0.5, 0.6) is 0 Å². The van der Waals surface area contributed by atoms with Crippen molar-refractivity contribution in [2.24, 2.45) is 0 Å². The van der Waals surface area contributed by atoms with Crippen LogP contribution in [0.2, 0.25) is 0 Å². The molecule has 1 aromatic carbocycles. The second-order valence-corrected chi connectivity index (χ2v) is 1.85. The van der Waals surface area contributed by atoms with Gasteiger partial charge >= 0.3 is 103 Å². The second kappa shape index (κ2) is 9.01. The standard InChI is InChI=1S/C6H5P.2K/c7-6-4-2-1-3-5-6;;/h1-5H;;/q-2;2*+1. The molecule has 0 aromatic heterocycles. The van der Waals surface area contributed by atoms with Gasteiger partial charge in [-0.15, -0.1) is 12.1 Å². The van der Waals surface area contributed by atoms with E-state index in [4.69, 9.17) is 0 Å². The summed E-state index contributed by atoms with van der Waals surface area (Å²) in [6, 6.07) is 9.79. The quantitative estimate of drug-likeness (QED) is 0.284. The Hall–Kier alpha value is 2.92. The average Bonchev–Trinajstić information content (AvgIpc) is 1.69. The molecule has 0 amide bonds. The summed E-state index contributed by atoms with van der Waals surface area (Å²) < 4.78 is 0. The van der Waals surface area contributed by atoms with E-state index in [-0.39, 0.29) is 103 Å². The van der Waals surface area contributed by atoms with E-state index in [1.54, 1.807) is 0 Å². The van der Waals surface area contributed by atoms with Crippen molar-refractivity contribution in [1.82, 2.24) is 0 Å². The van der Waals surface area contributed by atoms with Crippen molar-refractivity contribution >= 4 is 14.5 Å². The molecule has 36 valence electrons. The molecule has 0 unspecified atom stereocenters. The molecule has 0 spiro atoms. The van der Waals surface area contributed by atoms with Crippen LogP contribution >= 0.6 is 9.24 Å². The molecule has 0 N–H and O–H groups in total. The molecule has 1 aromatic rings. The monoisotopic (exact) mass is 186 g/mol. The van der Waals surface area contributed by atoms with Crippen molar-refractivity contribution in [3.8, 4) is 0 Å². The summed E-state index contributed by atoms with van der Waals surface area (Å²) >= 11 is 0. The normalized spacial score (nSPS) is 6.78. The Kier molecular flexibility index (Phi) is 14.5. The van der Waals surface area contributed by atoms with Crippen molar-refractivity contribution in [1.29, 1.82) is 0 Å². The van der Waals surface area contributed by atoms with Crippen molar-refractivity contribution in [3.63, 3.8) is 0 Å². The molecular formula is C6H5K2P. The minimum absolute atomic E-state index is 0. The second-order valence-electron chi connectivity index (χ2n) is 1.34. The Morgan fingerprint density at radius 2 is 1.33 bits per heavy atom. The van der Waals surface area contributed by atoms with E-state index in [1.165, 1.54) is 0 Å². The van der Waals surface area contributed by atoms with Gasteiger partial charge in [-0.2, -0.15) is 0 Å². The van der Waals surface area contributed by atoms with Gasteiger partial charge in [0.2, 0.25) is 0 Å². The van der Waals surface area contributed by atoms with Crippen LogP contribution in [0.25, 0.3) is 0 Å². The Morgan fingerprint density at radius 1 is 0.889 bits per heavy atom. The summed E-state index contributed by atoms with van der Waals surface area (Å²) in [6.45, 7) is 0. The van der Waals surface area contributed by atoms with Gasteiger partial charge in [-0.1, -0.05) is 18.2 Å². The van der Waals surface area contributed by atoms with Crippen LogP contribution in [0, 0.1) is 0 Å². The average molecular weight is 186 g/mol. The number of rotatable bonds is 0. The zero-order valence-corrected chi connectivity index (χ0v) is 13.0. The Morgan fingerprint density at radius 3 is 1.56 bits per heavy atom. The first-order valence-corrected chi connectivity index (χ1v) is 2.58. The van der Waals surface area contributed by atoms with Crippen LogP contribution in [0.15, 0.2) is 30.3 Å². The maximum atomic E-state index is 4.08. The summed E-state index contributed by atoms with van der Waals surface area (Å²) in [5, 5.41) is 1.02. The third kappa shape index (κ3) is 7.29. The summed E-state index contributed by atoms with van der Waals surface area (Å²) in [5.74, 6) is 0. The summed E-state index contributed by atoms with van der Waals surface area (Å²) in [6.07, 6.45) is 0. The van der Waals surface area contributed by atoms with Crippen LogP contribution < -0.4 is 108 Å². The summed E-state index contributed by atoms with van der Waals surface area (Å²) in [5.41, 5.74) is 0. The van der Waals surface area contributed by atoms with Gasteiger partial charge in [-0.3, -0.25) is 0 Å². The predicted molar refractivity (Wildman–Crippen MR) is 33.0 cm³/mol. The molecule has 0 saturated carbocycles. The molecule has 3 heteroatoms. The first-order chi connectivity index (χ1) is 3.39. The molecule has 0 aliphatic carbocycles. The fourth-order valence-corrected chi connectivity index (χ4v) is 0.600. The minimum Gasteiger partial charge on any atom is -1.45 e. The fraction of sp³-hybridized carbons (Fsp3) is 0. The minimum atomic E-state index is 0. The van der Waals surface area contributed by atoms with Gasteiger partial charge in [0.05, 0.1) is 0 Å². The molecule has 0 fully saturated rings. The third-order valence-corrected chi connectivity index (χ3v) is 1.05. The van der Waals surface area contributed by atoms with Gasteiger partial charge in [0.25, 0.3) is 0 Å². The molecule has 0 saturated heterocycles. The predicted octanol–water partition coefficient (Wildman–Crippen LogP) is -4.27. The summed E-state index contributed by atoms with van der Waals surface area (Å²) in [4.78, 5) is 0. The first-order valence-electron chi connectivity index (χ1n) is 2.13. The third-order valence-electron chi connectivity index (χ3n) is 0.756. The first kappa shape index (κ1) is 14.4. The molecule has 0 aliphatic heterocycles. The maximum absolute atomic E-state index is 4.08. The van der Waals surface area contributed by atoms with Gasteiger partial charge < -0.3 is 14.5 Å². The SMILES string of the molecule is [K+].[K+].[P-2]c1ccccc1. The van der Waals surface area contributed by atoms with Gasteiger partial charge in [-0.25, -0.2) is 0 Å². The van der Waals surface area contributed by atoms with E-state index < -0.39 is 0 Å². The molecule has 1 rings (SSSR count). The van der Waals surface area contributed by atoms with Crippen molar-refractivity contribution in [3.05, 3.63) is 30.3 Å². The van der Waals surface area contributed by atoms with Gasteiger partial charge in [0.15, 0.2) is 0 Å². The van der Waals surface area contributed by atoms with Crippen LogP contribution in [-0.2, 0) is 0 Å². The molecule has 0 bridgehead atoms. The Balaban J connectivity index is 0. The zero-order valence-electron chi connectivity index (χ0n) is 5.83. The Bertz CT molecular complexity index is 141. The van der Waals surface area contributed by atoms with E-state index in [9.17, 15) is 0 Å². The van der Waals surface area contributed by atoms with Crippen LogP contribution in [0.4, 0.5) is 0 Å². The smallest absolute Gasteiger partial charge is 1.00 e. The zero-order chi connectivity index (χ0) is 5.11. The van der Waals surface area contributed by atoms with Gasteiger partial charge in [-0.05, 0) is 0 Å². The van der Waals surface area contributed by atoms with E-state index in [1.807, 2.05) is 30.3 Å².